The molecule has 0 N–H and O–H groups in total. The van der Waals surface area contributed by atoms with Crippen LogP contribution in [0, 0.1) is 13.8 Å². The summed E-state index contributed by atoms with van der Waals surface area (Å²) in [5.74, 6) is 0. The lowest BCUT2D eigenvalue weighted by Gasteiger charge is -2.14. The van der Waals surface area contributed by atoms with Gasteiger partial charge in [-0.2, -0.15) is 0 Å². The maximum absolute atomic E-state index is 4.87. The Hall–Kier alpha value is -2.05. The molecule has 3 rings (SSSR count). The third kappa shape index (κ3) is 5.31. The Kier molecular flexibility index (Phi) is 6.54. The maximum atomic E-state index is 4.87. The molecule has 3 aromatic rings. The first-order valence-electron chi connectivity index (χ1n) is 9.93. The molecular formula is C23H30N4S2. The van der Waals surface area contributed by atoms with Gasteiger partial charge in [0.25, 0.3) is 0 Å². The van der Waals surface area contributed by atoms with Crippen molar-refractivity contribution in [3.05, 3.63) is 50.3 Å². The molecule has 2 aromatic heterocycles. The van der Waals surface area contributed by atoms with Crippen LogP contribution in [0.15, 0.2) is 28.7 Å². The zero-order valence-corrected chi connectivity index (χ0v) is 20.0. The number of aliphatic imine (C=N–C) groups is 1. The van der Waals surface area contributed by atoms with E-state index in [4.69, 9.17) is 4.98 Å². The average molecular weight is 427 g/mol. The fourth-order valence-electron chi connectivity index (χ4n) is 2.83. The highest BCUT2D eigenvalue weighted by Crippen LogP contribution is 2.34. The van der Waals surface area contributed by atoms with E-state index in [-0.39, 0.29) is 5.41 Å². The first-order chi connectivity index (χ1) is 13.7. The van der Waals surface area contributed by atoms with Crippen LogP contribution in [-0.4, -0.2) is 34.8 Å². The van der Waals surface area contributed by atoms with Crippen LogP contribution in [0.1, 0.15) is 54.3 Å². The molecular weight excluding hydrogens is 396 g/mol. The Bertz CT molecular complexity index is 1010. The van der Waals surface area contributed by atoms with E-state index < -0.39 is 0 Å². The highest BCUT2D eigenvalue weighted by molar-refractivity contribution is 7.15. The van der Waals surface area contributed by atoms with Crippen LogP contribution >= 0.6 is 22.7 Å². The lowest BCUT2D eigenvalue weighted by Crippen LogP contribution is -2.14. The van der Waals surface area contributed by atoms with Crippen molar-refractivity contribution in [2.24, 2.45) is 4.99 Å². The van der Waals surface area contributed by atoms with Crippen molar-refractivity contribution in [2.75, 3.05) is 13.6 Å². The average Bonchev–Trinajstić information content (AvgIpc) is 3.32. The van der Waals surface area contributed by atoms with Crippen LogP contribution in [0.25, 0.3) is 10.7 Å². The summed E-state index contributed by atoms with van der Waals surface area (Å²) in [7, 11) is 2.03. The molecule has 6 heteroatoms. The zero-order chi connectivity index (χ0) is 21.2. The molecule has 29 heavy (non-hydrogen) atoms. The number of aromatic nitrogens is 2. The second kappa shape index (κ2) is 8.76. The lowest BCUT2D eigenvalue weighted by molar-refractivity contribution is 0.552. The van der Waals surface area contributed by atoms with Gasteiger partial charge < -0.3 is 4.90 Å². The van der Waals surface area contributed by atoms with Crippen molar-refractivity contribution in [1.29, 1.82) is 0 Å². The van der Waals surface area contributed by atoms with Crippen LogP contribution < -0.4 is 0 Å². The Morgan fingerprint density at radius 3 is 2.59 bits per heavy atom. The molecule has 0 amide bonds. The van der Waals surface area contributed by atoms with Gasteiger partial charge in [0.2, 0.25) is 0 Å². The third-order valence-corrected chi connectivity index (χ3v) is 7.20. The molecule has 0 saturated carbocycles. The Morgan fingerprint density at radius 1 is 1.17 bits per heavy atom. The summed E-state index contributed by atoms with van der Waals surface area (Å²) >= 11 is 3.45. The molecule has 0 aliphatic rings. The molecule has 0 spiro atoms. The molecule has 0 aliphatic heterocycles. The van der Waals surface area contributed by atoms with Gasteiger partial charge in [-0.05, 0) is 48.9 Å². The number of hydrogen-bond donors (Lipinski definition) is 0. The van der Waals surface area contributed by atoms with Crippen LogP contribution in [0.5, 0.6) is 0 Å². The molecule has 0 bridgehead atoms. The second-order valence-electron chi connectivity index (χ2n) is 8.47. The predicted octanol–water partition coefficient (Wildman–Crippen LogP) is 6.38. The van der Waals surface area contributed by atoms with Gasteiger partial charge in [-0.3, -0.25) is 0 Å². The highest BCUT2D eigenvalue weighted by atomic mass is 32.1. The van der Waals surface area contributed by atoms with Gasteiger partial charge in [0.15, 0.2) is 0 Å². The highest BCUT2D eigenvalue weighted by Gasteiger charge is 2.19. The van der Waals surface area contributed by atoms with Crippen LogP contribution in [0.3, 0.4) is 0 Å². The molecule has 0 aliphatic carbocycles. The van der Waals surface area contributed by atoms with Crippen molar-refractivity contribution < 1.29 is 0 Å². The minimum absolute atomic E-state index is 0.125. The minimum atomic E-state index is 0.125. The number of hydrogen-bond acceptors (Lipinski definition) is 5. The van der Waals surface area contributed by atoms with E-state index in [1.54, 1.807) is 22.7 Å². The molecule has 0 unspecified atom stereocenters. The van der Waals surface area contributed by atoms with Crippen molar-refractivity contribution in [2.45, 2.75) is 53.4 Å². The summed E-state index contributed by atoms with van der Waals surface area (Å²) in [6, 6.07) is 4.42. The maximum Gasteiger partial charge on any atom is 0.142 e. The Morgan fingerprint density at radius 2 is 1.93 bits per heavy atom. The van der Waals surface area contributed by atoms with E-state index in [1.165, 1.54) is 21.6 Å². The largest absolute Gasteiger partial charge is 0.366 e. The fraction of sp³-hybridized carbons (Fsp3) is 0.435. The van der Waals surface area contributed by atoms with Gasteiger partial charge in [0.1, 0.15) is 10.7 Å². The zero-order valence-electron chi connectivity index (χ0n) is 18.4. The van der Waals surface area contributed by atoms with Crippen molar-refractivity contribution >= 4 is 34.7 Å². The summed E-state index contributed by atoms with van der Waals surface area (Å²) in [5.41, 5.74) is 5.90. The van der Waals surface area contributed by atoms with E-state index in [0.29, 0.717) is 0 Å². The minimum Gasteiger partial charge on any atom is -0.366 e. The Labute approximate surface area is 182 Å². The molecule has 0 fully saturated rings. The van der Waals surface area contributed by atoms with Gasteiger partial charge >= 0.3 is 0 Å². The molecule has 2 heterocycles. The Balaban J connectivity index is 1.78. The van der Waals surface area contributed by atoms with Gasteiger partial charge in [0.05, 0.1) is 17.0 Å². The number of nitrogens with zero attached hydrogens (tertiary/aromatic N) is 4. The van der Waals surface area contributed by atoms with E-state index in [0.717, 1.165) is 34.4 Å². The normalized spacial score (nSPS) is 12.1. The predicted molar refractivity (Wildman–Crippen MR) is 127 cm³/mol. The molecule has 4 nitrogen and oxygen atoms in total. The topological polar surface area (TPSA) is 41.4 Å². The molecule has 0 atom stereocenters. The number of rotatable bonds is 6. The standard InChI is InChI=1S/C23H30N4S2/c1-8-27(7)14-25-18-10-15(2)17(9-16(18)3)11-21-26-19(13-28-21)22-24-12-20(29-22)23(4,5)6/h9-10,12-14H,8,11H2,1-7H3. The smallest absolute Gasteiger partial charge is 0.142 e. The van der Waals surface area contributed by atoms with Gasteiger partial charge in [-0.25, -0.2) is 15.0 Å². The van der Waals surface area contributed by atoms with Crippen molar-refractivity contribution in [1.82, 2.24) is 14.9 Å². The molecule has 154 valence electrons. The number of aryl methyl sites for hydroxylation is 2. The van der Waals surface area contributed by atoms with E-state index in [9.17, 15) is 0 Å². The summed E-state index contributed by atoms with van der Waals surface area (Å²) in [4.78, 5) is 17.5. The molecule has 0 saturated heterocycles. The second-order valence-corrected chi connectivity index (χ2v) is 10.4. The third-order valence-electron chi connectivity index (χ3n) is 4.90. The van der Waals surface area contributed by atoms with E-state index >= 15 is 0 Å². The van der Waals surface area contributed by atoms with Crippen LogP contribution in [0.2, 0.25) is 0 Å². The fourth-order valence-corrected chi connectivity index (χ4v) is 4.64. The first-order valence-corrected chi connectivity index (χ1v) is 11.6. The SMILES string of the molecule is CCN(C)C=Nc1cc(C)c(Cc2nc(-c3ncc(C(C)(C)C)s3)cs2)cc1C. The quantitative estimate of drug-likeness (QED) is 0.339. The van der Waals surface area contributed by atoms with Crippen molar-refractivity contribution in [3.8, 4) is 10.7 Å². The number of benzene rings is 1. The van der Waals surface area contributed by atoms with Gasteiger partial charge in [0, 0.05) is 36.5 Å². The summed E-state index contributed by atoms with van der Waals surface area (Å²) in [6.45, 7) is 14.0. The van der Waals surface area contributed by atoms with Gasteiger partial charge in [-0.15, -0.1) is 22.7 Å². The van der Waals surface area contributed by atoms with Crippen molar-refractivity contribution in [3.63, 3.8) is 0 Å². The summed E-state index contributed by atoms with van der Waals surface area (Å²) in [6.07, 6.45) is 4.73. The van der Waals surface area contributed by atoms with E-state index in [2.05, 4.69) is 73.9 Å². The number of thiazole rings is 2. The van der Waals surface area contributed by atoms with Gasteiger partial charge in [-0.1, -0.05) is 26.8 Å². The summed E-state index contributed by atoms with van der Waals surface area (Å²) < 4.78 is 0. The lowest BCUT2D eigenvalue weighted by atomic mass is 9.96. The van der Waals surface area contributed by atoms with Crippen LogP contribution in [-0.2, 0) is 11.8 Å². The van der Waals surface area contributed by atoms with E-state index in [1.807, 2.05) is 19.6 Å². The molecule has 0 radical (unpaired) electrons. The monoisotopic (exact) mass is 426 g/mol. The molecule has 1 aromatic carbocycles. The van der Waals surface area contributed by atoms with Crippen LogP contribution in [0.4, 0.5) is 5.69 Å². The summed E-state index contributed by atoms with van der Waals surface area (Å²) in [5, 5.41) is 4.26. The first kappa shape index (κ1) is 21.7.